The number of hydrogen-bond acceptors (Lipinski definition) is 7. The van der Waals surface area contributed by atoms with Crippen molar-refractivity contribution in [3.63, 3.8) is 0 Å². The molecule has 170 valence electrons. The van der Waals surface area contributed by atoms with Gasteiger partial charge in [0, 0.05) is 22.9 Å². The Hall–Kier alpha value is -3.79. The summed E-state index contributed by atoms with van der Waals surface area (Å²) in [7, 11) is -1.27. The van der Waals surface area contributed by atoms with Crippen LogP contribution in [-0.4, -0.2) is 38.0 Å². The van der Waals surface area contributed by atoms with Gasteiger partial charge in [0.15, 0.2) is 16.5 Å². The molecule has 2 N–H and O–H groups in total. The summed E-state index contributed by atoms with van der Waals surface area (Å²) in [5.41, 5.74) is 4.52. The zero-order valence-corrected chi connectivity index (χ0v) is 19.1. The Bertz CT molecular complexity index is 1410. The first-order valence-corrected chi connectivity index (χ1v) is 11.8. The molecule has 0 aliphatic heterocycles. The highest BCUT2D eigenvalue weighted by Gasteiger charge is 2.32. The zero-order chi connectivity index (χ0) is 23.2. The van der Waals surface area contributed by atoms with Crippen molar-refractivity contribution in [1.82, 2.24) is 15.4 Å². The number of benzene rings is 2. The van der Waals surface area contributed by atoms with Crippen molar-refractivity contribution in [1.29, 1.82) is 0 Å². The number of ether oxygens (including phenoxy) is 2. The molecule has 4 aromatic rings. The summed E-state index contributed by atoms with van der Waals surface area (Å²) in [6.45, 7) is 2.09. The minimum Gasteiger partial charge on any atom is -0.495 e. The standard InChI is InChI=1S/C23H22N4O5S/c1-13-11-17-21(16-12-14(7-8-15(13)16)18-9-10-24-25-18)32-26-23(17)27-33(28,29)22-19(30-2)5-4-6-20(22)31-3/h4-10,12-13H,11H2,1-3H3,(H,24,25)(H,26,27)/t13-/m1/s1. The van der Waals surface area contributed by atoms with Crippen LogP contribution in [0.3, 0.4) is 0 Å². The fraction of sp³-hybridized carbons (Fsp3) is 0.217. The maximum absolute atomic E-state index is 13.3. The van der Waals surface area contributed by atoms with Crippen molar-refractivity contribution in [3.05, 3.63) is 59.8 Å². The fourth-order valence-electron chi connectivity index (χ4n) is 4.23. The second kappa shape index (κ2) is 7.96. The Balaban J connectivity index is 1.57. The molecule has 0 saturated heterocycles. The number of fused-ring (bicyclic) bond motifs is 3. The van der Waals surface area contributed by atoms with Crippen LogP contribution in [0.1, 0.15) is 24.0 Å². The Kier molecular flexibility index (Phi) is 5.09. The highest BCUT2D eigenvalue weighted by molar-refractivity contribution is 7.93. The zero-order valence-electron chi connectivity index (χ0n) is 18.2. The minimum absolute atomic E-state index is 0.0995. The van der Waals surface area contributed by atoms with Gasteiger partial charge in [0.25, 0.3) is 10.0 Å². The molecule has 0 bridgehead atoms. The molecule has 2 aromatic heterocycles. The number of nitrogens with one attached hydrogen (secondary N) is 2. The molecule has 0 amide bonds. The van der Waals surface area contributed by atoms with E-state index in [0.29, 0.717) is 17.7 Å². The van der Waals surface area contributed by atoms with Gasteiger partial charge in [0.1, 0.15) is 11.5 Å². The van der Waals surface area contributed by atoms with E-state index >= 15 is 0 Å². The number of rotatable bonds is 6. The second-order valence-electron chi connectivity index (χ2n) is 7.81. The van der Waals surface area contributed by atoms with Crippen LogP contribution in [0, 0.1) is 0 Å². The van der Waals surface area contributed by atoms with E-state index in [1.165, 1.54) is 14.2 Å². The molecular weight excluding hydrogens is 444 g/mol. The van der Waals surface area contributed by atoms with Crippen LogP contribution < -0.4 is 14.2 Å². The van der Waals surface area contributed by atoms with Crippen molar-refractivity contribution >= 4 is 15.8 Å². The summed E-state index contributed by atoms with van der Waals surface area (Å²) >= 11 is 0. The normalized spacial score (nSPS) is 14.9. The molecule has 33 heavy (non-hydrogen) atoms. The van der Waals surface area contributed by atoms with Gasteiger partial charge in [0.2, 0.25) is 0 Å². The number of methoxy groups -OCH3 is 2. The average Bonchev–Trinajstić information content (AvgIpc) is 3.49. The first kappa shape index (κ1) is 21.1. The van der Waals surface area contributed by atoms with Crippen LogP contribution in [0.2, 0.25) is 0 Å². The number of sulfonamides is 1. The lowest BCUT2D eigenvalue weighted by Crippen LogP contribution is -2.17. The van der Waals surface area contributed by atoms with E-state index in [-0.39, 0.29) is 28.1 Å². The van der Waals surface area contributed by atoms with Crippen molar-refractivity contribution < 1.29 is 22.4 Å². The van der Waals surface area contributed by atoms with E-state index in [2.05, 4.69) is 33.1 Å². The predicted molar refractivity (Wildman–Crippen MR) is 122 cm³/mol. The molecule has 1 aliphatic carbocycles. The molecule has 1 aliphatic rings. The van der Waals surface area contributed by atoms with Crippen LogP contribution in [0.15, 0.2) is 58.1 Å². The van der Waals surface area contributed by atoms with Gasteiger partial charge in [-0.1, -0.05) is 30.3 Å². The van der Waals surface area contributed by atoms with Crippen molar-refractivity contribution in [2.75, 3.05) is 18.9 Å². The maximum atomic E-state index is 13.3. The SMILES string of the molecule is COc1cccc(OC)c1S(=O)(=O)Nc1noc2c1C[C@@H](C)c1ccc(-c3ccn[nH]3)cc1-2. The first-order chi connectivity index (χ1) is 15.9. The van der Waals surface area contributed by atoms with Crippen molar-refractivity contribution in [2.45, 2.75) is 24.2 Å². The van der Waals surface area contributed by atoms with E-state index in [0.717, 1.165) is 22.4 Å². The van der Waals surface area contributed by atoms with E-state index < -0.39 is 10.0 Å². The van der Waals surface area contributed by atoms with Crippen molar-refractivity contribution in [3.8, 4) is 34.1 Å². The molecule has 1 atom stereocenters. The van der Waals surface area contributed by atoms with Crippen LogP contribution in [0.5, 0.6) is 11.5 Å². The van der Waals surface area contributed by atoms with Crippen LogP contribution in [-0.2, 0) is 16.4 Å². The molecule has 2 aromatic carbocycles. The van der Waals surface area contributed by atoms with Crippen molar-refractivity contribution in [2.24, 2.45) is 0 Å². The Morgan fingerprint density at radius 3 is 2.55 bits per heavy atom. The molecule has 2 heterocycles. The summed E-state index contributed by atoms with van der Waals surface area (Å²) in [4.78, 5) is -0.0995. The Labute approximate surface area is 190 Å². The molecular formula is C23H22N4O5S. The number of nitrogens with zero attached hydrogens (tertiary/aromatic N) is 2. The smallest absolute Gasteiger partial charge is 0.270 e. The number of aromatic amines is 1. The number of hydrogen-bond donors (Lipinski definition) is 2. The maximum Gasteiger partial charge on any atom is 0.270 e. The van der Waals surface area contributed by atoms with E-state index in [4.69, 9.17) is 14.0 Å². The van der Waals surface area contributed by atoms with Crippen LogP contribution in [0.4, 0.5) is 5.82 Å². The van der Waals surface area contributed by atoms with Gasteiger partial charge in [-0.15, -0.1) is 0 Å². The largest absolute Gasteiger partial charge is 0.495 e. The number of H-pyrrole nitrogens is 1. The highest BCUT2D eigenvalue weighted by Crippen LogP contribution is 2.44. The minimum atomic E-state index is -4.08. The molecule has 0 spiro atoms. The molecule has 0 fully saturated rings. The summed E-state index contributed by atoms with van der Waals surface area (Å²) in [6, 6.07) is 12.8. The topological polar surface area (TPSA) is 119 Å². The summed E-state index contributed by atoms with van der Waals surface area (Å²) in [5.74, 6) is 1.19. The van der Waals surface area contributed by atoms with Gasteiger partial charge in [-0.3, -0.25) is 9.82 Å². The number of anilines is 1. The van der Waals surface area contributed by atoms with Crippen LogP contribution >= 0.6 is 0 Å². The van der Waals surface area contributed by atoms with Gasteiger partial charge in [-0.25, -0.2) is 8.42 Å². The van der Waals surface area contributed by atoms with Gasteiger partial charge in [0.05, 0.1) is 19.9 Å². The van der Waals surface area contributed by atoms with E-state index in [9.17, 15) is 8.42 Å². The highest BCUT2D eigenvalue weighted by atomic mass is 32.2. The monoisotopic (exact) mass is 466 g/mol. The quantitative estimate of drug-likeness (QED) is 0.437. The third-order valence-electron chi connectivity index (χ3n) is 5.82. The Morgan fingerprint density at radius 1 is 1.12 bits per heavy atom. The average molecular weight is 467 g/mol. The van der Waals surface area contributed by atoms with Gasteiger partial charge < -0.3 is 14.0 Å². The van der Waals surface area contributed by atoms with E-state index in [1.807, 2.05) is 18.2 Å². The Morgan fingerprint density at radius 2 is 1.88 bits per heavy atom. The molecule has 0 saturated carbocycles. The summed E-state index contributed by atoms with van der Waals surface area (Å²) in [6.07, 6.45) is 2.27. The fourth-order valence-corrected chi connectivity index (χ4v) is 5.58. The second-order valence-corrected chi connectivity index (χ2v) is 9.43. The van der Waals surface area contributed by atoms with Crippen LogP contribution in [0.25, 0.3) is 22.6 Å². The van der Waals surface area contributed by atoms with Gasteiger partial charge in [-0.05, 0) is 42.2 Å². The van der Waals surface area contributed by atoms with Gasteiger partial charge in [-0.2, -0.15) is 5.10 Å². The predicted octanol–water partition coefficient (Wildman–Crippen LogP) is 4.21. The molecule has 10 heteroatoms. The first-order valence-electron chi connectivity index (χ1n) is 10.3. The third kappa shape index (κ3) is 3.52. The molecule has 0 radical (unpaired) electrons. The molecule has 9 nitrogen and oxygen atoms in total. The number of aromatic nitrogens is 3. The molecule has 5 rings (SSSR count). The van der Waals surface area contributed by atoms with Gasteiger partial charge >= 0.3 is 0 Å². The lowest BCUT2D eigenvalue weighted by molar-refractivity contribution is 0.373. The lowest BCUT2D eigenvalue weighted by Gasteiger charge is -2.22. The van der Waals surface area contributed by atoms with E-state index in [1.54, 1.807) is 24.4 Å². The third-order valence-corrected chi connectivity index (χ3v) is 7.22. The lowest BCUT2D eigenvalue weighted by atomic mass is 9.82. The summed E-state index contributed by atoms with van der Waals surface area (Å²) in [5, 5.41) is 11.1. The molecule has 0 unspecified atom stereocenters. The summed E-state index contributed by atoms with van der Waals surface area (Å²) < 4.78 is 45.4.